The van der Waals surface area contributed by atoms with Gasteiger partial charge in [-0.2, -0.15) is 5.26 Å². The number of halogens is 1. The molecule has 0 radical (unpaired) electrons. The van der Waals surface area contributed by atoms with E-state index in [1.807, 2.05) is 13.0 Å². The van der Waals surface area contributed by atoms with Gasteiger partial charge >= 0.3 is 5.97 Å². The highest BCUT2D eigenvalue weighted by molar-refractivity contribution is 7.07. The molecule has 24 heavy (non-hydrogen) atoms. The summed E-state index contributed by atoms with van der Waals surface area (Å²) in [7, 11) is 0. The van der Waals surface area contributed by atoms with Gasteiger partial charge in [0.15, 0.2) is 11.0 Å². The Hall–Kier alpha value is -2.50. The van der Waals surface area contributed by atoms with Crippen molar-refractivity contribution >= 4 is 40.7 Å². The van der Waals surface area contributed by atoms with Gasteiger partial charge in [-0.1, -0.05) is 23.0 Å². The number of aryl methyl sites for hydroxylation is 1. The van der Waals surface area contributed by atoms with Gasteiger partial charge in [0.05, 0.1) is 16.3 Å². The van der Waals surface area contributed by atoms with Crippen LogP contribution in [-0.2, 0) is 16.0 Å². The van der Waals surface area contributed by atoms with Gasteiger partial charge in [-0.3, -0.25) is 4.79 Å². The summed E-state index contributed by atoms with van der Waals surface area (Å²) >= 11 is 6.84. The predicted octanol–water partition coefficient (Wildman–Crippen LogP) is 2.81. The maximum atomic E-state index is 12.1. The third-order valence-electron chi connectivity index (χ3n) is 3.09. The normalized spacial score (nSPS) is 11.4. The van der Waals surface area contributed by atoms with Crippen LogP contribution in [-0.4, -0.2) is 27.6 Å². The molecular weight excluding hydrogens is 352 g/mol. The van der Waals surface area contributed by atoms with Gasteiger partial charge in [0, 0.05) is 5.69 Å². The molecule has 0 aliphatic carbocycles. The number of hydrogen-bond acceptors (Lipinski definition) is 7. The third-order valence-corrected chi connectivity index (χ3v) is 4.15. The highest BCUT2D eigenvalue weighted by Gasteiger charge is 2.23. The molecule has 9 heteroatoms. The van der Waals surface area contributed by atoms with Crippen molar-refractivity contribution in [2.75, 3.05) is 5.32 Å². The van der Waals surface area contributed by atoms with Gasteiger partial charge in [-0.15, -0.1) is 5.10 Å². The smallest absolute Gasteiger partial charge is 0.352 e. The second kappa shape index (κ2) is 7.86. The molecule has 0 aliphatic heterocycles. The van der Waals surface area contributed by atoms with Crippen LogP contribution in [0.15, 0.2) is 18.2 Å². The molecule has 0 saturated carbocycles. The molecule has 1 heterocycles. The minimum Gasteiger partial charge on any atom is -0.448 e. The zero-order valence-corrected chi connectivity index (χ0v) is 14.4. The molecule has 124 valence electrons. The molecule has 0 bridgehead atoms. The summed E-state index contributed by atoms with van der Waals surface area (Å²) in [4.78, 5) is 24.5. The molecular formula is C15H13ClN4O3S. The maximum absolute atomic E-state index is 12.1. The zero-order valence-electron chi connectivity index (χ0n) is 12.9. The van der Waals surface area contributed by atoms with Gasteiger partial charge in [-0.05, 0) is 43.1 Å². The fraction of sp³-hybridized carbons (Fsp3) is 0.267. The van der Waals surface area contributed by atoms with E-state index in [4.69, 9.17) is 21.6 Å². The molecule has 0 saturated heterocycles. The Kier molecular flexibility index (Phi) is 5.84. The Morgan fingerprint density at radius 2 is 2.25 bits per heavy atom. The first-order valence-corrected chi connectivity index (χ1v) is 8.14. The van der Waals surface area contributed by atoms with Crippen molar-refractivity contribution in [1.29, 1.82) is 5.26 Å². The van der Waals surface area contributed by atoms with Crippen molar-refractivity contribution in [1.82, 2.24) is 9.59 Å². The Morgan fingerprint density at radius 1 is 1.50 bits per heavy atom. The molecule has 0 spiro atoms. The summed E-state index contributed by atoms with van der Waals surface area (Å²) in [5, 5.41) is 15.5. The molecule has 0 unspecified atom stereocenters. The Balaban J connectivity index is 2.01. The minimum atomic E-state index is -1.02. The van der Waals surface area contributed by atoms with Crippen molar-refractivity contribution in [3.8, 4) is 6.07 Å². The number of carbonyl (C=O) groups excluding carboxylic acids is 2. The lowest BCUT2D eigenvalue weighted by atomic mass is 10.2. The fourth-order valence-corrected chi connectivity index (χ4v) is 2.65. The molecule has 1 amide bonds. The van der Waals surface area contributed by atoms with E-state index < -0.39 is 18.0 Å². The molecule has 1 aromatic heterocycles. The van der Waals surface area contributed by atoms with E-state index >= 15 is 0 Å². The molecule has 0 aliphatic rings. The quantitative estimate of drug-likeness (QED) is 0.818. The Labute approximate surface area is 147 Å². The molecule has 2 rings (SSSR count). The standard InChI is InChI=1S/C15H13ClN4O3S/c1-3-12-13(24-20-19-12)15(22)23-8(2)14(21)18-10-5-4-9(7-17)11(16)6-10/h4-6,8H,3H2,1-2H3,(H,18,21)/t8-/m0/s1. The van der Waals surface area contributed by atoms with Gasteiger partial charge in [0.25, 0.3) is 5.91 Å². The van der Waals surface area contributed by atoms with E-state index in [2.05, 4.69) is 14.9 Å². The number of aromatic nitrogens is 2. The fourth-order valence-electron chi connectivity index (χ4n) is 1.79. The summed E-state index contributed by atoms with van der Waals surface area (Å²) in [6, 6.07) is 6.41. The van der Waals surface area contributed by atoms with Crippen molar-refractivity contribution in [2.24, 2.45) is 0 Å². The molecule has 7 nitrogen and oxygen atoms in total. The third kappa shape index (κ3) is 4.07. The summed E-state index contributed by atoms with van der Waals surface area (Å²) < 4.78 is 8.85. The monoisotopic (exact) mass is 364 g/mol. The topological polar surface area (TPSA) is 105 Å². The van der Waals surface area contributed by atoms with Crippen molar-refractivity contribution in [2.45, 2.75) is 26.4 Å². The first-order valence-electron chi connectivity index (χ1n) is 6.99. The number of nitrogens with zero attached hydrogens (tertiary/aromatic N) is 3. The van der Waals surface area contributed by atoms with E-state index in [0.717, 1.165) is 11.5 Å². The second-order valence-electron chi connectivity index (χ2n) is 4.75. The van der Waals surface area contributed by atoms with Crippen LogP contribution in [0.2, 0.25) is 5.02 Å². The summed E-state index contributed by atoms with van der Waals surface area (Å²) in [6.07, 6.45) is -0.468. The van der Waals surface area contributed by atoms with Crippen LogP contribution in [0.25, 0.3) is 0 Å². The SMILES string of the molecule is CCc1nnsc1C(=O)O[C@@H](C)C(=O)Nc1ccc(C#N)c(Cl)c1. The lowest BCUT2D eigenvalue weighted by molar-refractivity contribution is -0.123. The first-order chi connectivity index (χ1) is 11.5. The van der Waals surface area contributed by atoms with E-state index in [1.54, 1.807) is 6.07 Å². The van der Waals surface area contributed by atoms with Gasteiger partial charge in [0.1, 0.15) is 6.07 Å². The highest BCUT2D eigenvalue weighted by Crippen LogP contribution is 2.20. The van der Waals surface area contributed by atoms with Crippen LogP contribution >= 0.6 is 23.1 Å². The van der Waals surface area contributed by atoms with E-state index in [1.165, 1.54) is 19.1 Å². The number of benzene rings is 1. The number of ether oxygens (including phenoxy) is 1. The lowest BCUT2D eigenvalue weighted by Gasteiger charge is -2.13. The highest BCUT2D eigenvalue weighted by atomic mass is 35.5. The average molecular weight is 365 g/mol. The summed E-state index contributed by atoms with van der Waals surface area (Å²) in [5.41, 5.74) is 1.25. The van der Waals surface area contributed by atoms with Crippen molar-refractivity contribution in [3.63, 3.8) is 0 Å². The molecule has 1 atom stereocenters. The van der Waals surface area contributed by atoms with Gasteiger partial charge < -0.3 is 10.1 Å². The lowest BCUT2D eigenvalue weighted by Crippen LogP contribution is -2.30. The number of nitriles is 1. The number of rotatable bonds is 5. The van der Waals surface area contributed by atoms with Crippen LogP contribution in [0.1, 0.15) is 34.8 Å². The molecule has 2 aromatic rings. The number of carbonyl (C=O) groups is 2. The number of amides is 1. The molecule has 1 aromatic carbocycles. The molecule has 1 N–H and O–H groups in total. The van der Waals surface area contributed by atoms with Crippen molar-refractivity contribution < 1.29 is 14.3 Å². The van der Waals surface area contributed by atoms with Gasteiger partial charge in [0.2, 0.25) is 0 Å². The largest absolute Gasteiger partial charge is 0.448 e. The Bertz CT molecular complexity index is 815. The maximum Gasteiger partial charge on any atom is 0.352 e. The summed E-state index contributed by atoms with van der Waals surface area (Å²) in [5.74, 6) is -1.15. The summed E-state index contributed by atoms with van der Waals surface area (Å²) in [6.45, 7) is 3.30. The second-order valence-corrected chi connectivity index (χ2v) is 5.91. The van der Waals surface area contributed by atoms with Gasteiger partial charge in [-0.25, -0.2) is 4.79 Å². The van der Waals surface area contributed by atoms with E-state index in [9.17, 15) is 9.59 Å². The minimum absolute atomic E-state index is 0.225. The van der Waals surface area contributed by atoms with Crippen LogP contribution in [0.5, 0.6) is 0 Å². The number of hydrogen-bond donors (Lipinski definition) is 1. The van der Waals surface area contributed by atoms with Crippen LogP contribution < -0.4 is 5.32 Å². The number of anilines is 1. The number of nitrogens with one attached hydrogen (secondary N) is 1. The average Bonchev–Trinajstić information content (AvgIpc) is 3.03. The van der Waals surface area contributed by atoms with Crippen LogP contribution in [0, 0.1) is 11.3 Å². The van der Waals surface area contributed by atoms with Crippen molar-refractivity contribution in [3.05, 3.63) is 39.4 Å². The predicted molar refractivity (Wildman–Crippen MR) is 89.0 cm³/mol. The molecule has 0 fully saturated rings. The Morgan fingerprint density at radius 3 is 2.88 bits per heavy atom. The van der Waals surface area contributed by atoms with Crippen LogP contribution in [0.4, 0.5) is 5.69 Å². The van der Waals surface area contributed by atoms with Crippen LogP contribution in [0.3, 0.4) is 0 Å². The van der Waals surface area contributed by atoms with E-state index in [0.29, 0.717) is 28.2 Å². The number of esters is 1. The van der Waals surface area contributed by atoms with E-state index in [-0.39, 0.29) is 5.02 Å². The zero-order chi connectivity index (χ0) is 17.7. The first kappa shape index (κ1) is 17.8.